The maximum absolute atomic E-state index is 12.7. The highest BCUT2D eigenvalue weighted by molar-refractivity contribution is 7.89. The van der Waals surface area contributed by atoms with Gasteiger partial charge in [0.15, 0.2) is 0 Å². The van der Waals surface area contributed by atoms with Crippen LogP contribution in [0.2, 0.25) is 0 Å². The molecule has 1 atom stereocenters. The molecule has 1 N–H and O–H groups in total. The van der Waals surface area contributed by atoms with Crippen LogP contribution in [0, 0.1) is 0 Å². The molecular weight excluding hydrogens is 292 g/mol. The number of hydrogen-bond donors (Lipinski definition) is 1. The number of hydrogen-bond acceptors (Lipinski definition) is 5. The first kappa shape index (κ1) is 16.1. The van der Waals surface area contributed by atoms with Crippen LogP contribution in [0.4, 0.5) is 0 Å². The number of ether oxygens (including phenoxy) is 2. The van der Waals surface area contributed by atoms with Crippen LogP contribution in [-0.4, -0.2) is 53.1 Å². The molecule has 1 saturated heterocycles. The molecule has 0 amide bonds. The van der Waals surface area contributed by atoms with Crippen LogP contribution in [0.5, 0.6) is 11.5 Å². The molecule has 0 aliphatic carbocycles. The van der Waals surface area contributed by atoms with Crippen LogP contribution in [0.1, 0.15) is 12.8 Å². The summed E-state index contributed by atoms with van der Waals surface area (Å²) in [5.74, 6) is 0.853. The standard InChI is InChI=1S/C14H22N2O4S/c1-16(10-11-5-4-8-15-11)21(17,18)14-7-6-12(19-2)9-13(14)20-3/h6-7,9,11,15H,4-5,8,10H2,1-3H3. The van der Waals surface area contributed by atoms with E-state index in [1.165, 1.54) is 24.6 Å². The molecular formula is C14H22N2O4S. The van der Waals surface area contributed by atoms with Gasteiger partial charge in [-0.1, -0.05) is 0 Å². The molecule has 1 fully saturated rings. The Balaban J connectivity index is 2.25. The number of nitrogens with one attached hydrogen (secondary N) is 1. The Labute approximate surface area is 126 Å². The quantitative estimate of drug-likeness (QED) is 0.851. The molecule has 1 aromatic rings. The van der Waals surface area contributed by atoms with E-state index in [4.69, 9.17) is 9.47 Å². The zero-order chi connectivity index (χ0) is 15.5. The zero-order valence-corrected chi connectivity index (χ0v) is 13.4. The van der Waals surface area contributed by atoms with Gasteiger partial charge in [0, 0.05) is 25.7 Å². The van der Waals surface area contributed by atoms with Crippen molar-refractivity contribution in [1.29, 1.82) is 0 Å². The van der Waals surface area contributed by atoms with Crippen molar-refractivity contribution in [1.82, 2.24) is 9.62 Å². The molecule has 2 rings (SSSR count). The van der Waals surface area contributed by atoms with Crippen LogP contribution in [0.15, 0.2) is 23.1 Å². The van der Waals surface area contributed by atoms with Crippen LogP contribution in [0.25, 0.3) is 0 Å². The molecule has 118 valence electrons. The number of benzene rings is 1. The van der Waals surface area contributed by atoms with Crippen molar-refractivity contribution in [2.75, 3.05) is 34.4 Å². The minimum absolute atomic E-state index is 0.159. The summed E-state index contributed by atoms with van der Waals surface area (Å²) in [6, 6.07) is 4.94. The maximum atomic E-state index is 12.7. The fourth-order valence-corrected chi connectivity index (χ4v) is 3.83. The van der Waals surface area contributed by atoms with E-state index in [9.17, 15) is 8.42 Å². The third kappa shape index (κ3) is 3.48. The van der Waals surface area contributed by atoms with Gasteiger partial charge in [-0.15, -0.1) is 0 Å². The van der Waals surface area contributed by atoms with E-state index < -0.39 is 10.0 Å². The Morgan fingerprint density at radius 2 is 2.10 bits per heavy atom. The molecule has 7 heteroatoms. The van der Waals surface area contributed by atoms with Gasteiger partial charge in [0.2, 0.25) is 10.0 Å². The average molecular weight is 314 g/mol. The van der Waals surface area contributed by atoms with Crippen LogP contribution in [0.3, 0.4) is 0 Å². The Kier molecular flexibility index (Phi) is 5.08. The molecule has 21 heavy (non-hydrogen) atoms. The van der Waals surface area contributed by atoms with Gasteiger partial charge < -0.3 is 14.8 Å². The third-order valence-electron chi connectivity index (χ3n) is 3.70. The fourth-order valence-electron chi connectivity index (χ4n) is 2.48. The monoisotopic (exact) mass is 314 g/mol. The normalized spacial score (nSPS) is 19.0. The van der Waals surface area contributed by atoms with E-state index in [-0.39, 0.29) is 10.9 Å². The molecule has 1 aromatic carbocycles. The summed E-state index contributed by atoms with van der Waals surface area (Å²) in [4.78, 5) is 0.159. The topological polar surface area (TPSA) is 67.9 Å². The van der Waals surface area contributed by atoms with Crippen molar-refractivity contribution in [2.45, 2.75) is 23.8 Å². The van der Waals surface area contributed by atoms with Gasteiger partial charge in [-0.2, -0.15) is 4.31 Å². The van der Waals surface area contributed by atoms with Crippen molar-refractivity contribution < 1.29 is 17.9 Å². The summed E-state index contributed by atoms with van der Waals surface area (Å²) >= 11 is 0. The summed E-state index contributed by atoms with van der Waals surface area (Å²) in [5.41, 5.74) is 0. The molecule has 0 spiro atoms. The first-order chi connectivity index (χ1) is 9.98. The summed E-state index contributed by atoms with van der Waals surface area (Å²) in [7, 11) is 0.994. The first-order valence-electron chi connectivity index (χ1n) is 6.90. The Morgan fingerprint density at radius 3 is 2.67 bits per heavy atom. The van der Waals surface area contributed by atoms with Crippen LogP contribution < -0.4 is 14.8 Å². The largest absolute Gasteiger partial charge is 0.497 e. The lowest BCUT2D eigenvalue weighted by atomic mass is 10.2. The van der Waals surface area contributed by atoms with Gasteiger partial charge in [0.1, 0.15) is 16.4 Å². The smallest absolute Gasteiger partial charge is 0.246 e. The minimum Gasteiger partial charge on any atom is -0.497 e. The third-order valence-corrected chi connectivity index (χ3v) is 5.56. The maximum Gasteiger partial charge on any atom is 0.246 e. The van der Waals surface area contributed by atoms with Crippen LogP contribution >= 0.6 is 0 Å². The van der Waals surface area contributed by atoms with Gasteiger partial charge in [0.25, 0.3) is 0 Å². The highest BCUT2D eigenvalue weighted by atomic mass is 32.2. The number of likely N-dealkylation sites (N-methyl/N-ethyl adjacent to an activating group) is 1. The van der Waals surface area contributed by atoms with Crippen molar-refractivity contribution in [2.24, 2.45) is 0 Å². The number of methoxy groups -OCH3 is 2. The molecule has 0 bridgehead atoms. The lowest BCUT2D eigenvalue weighted by Crippen LogP contribution is -2.38. The average Bonchev–Trinajstić information content (AvgIpc) is 2.99. The molecule has 6 nitrogen and oxygen atoms in total. The summed E-state index contributed by atoms with van der Waals surface area (Å²) in [6.45, 7) is 1.40. The van der Waals surface area contributed by atoms with Gasteiger partial charge >= 0.3 is 0 Å². The van der Waals surface area contributed by atoms with E-state index in [0.717, 1.165) is 19.4 Å². The fraction of sp³-hybridized carbons (Fsp3) is 0.571. The van der Waals surface area contributed by atoms with Gasteiger partial charge in [-0.05, 0) is 31.5 Å². The molecule has 0 aromatic heterocycles. The van der Waals surface area contributed by atoms with Crippen molar-refractivity contribution in [3.8, 4) is 11.5 Å². The molecule has 0 saturated carbocycles. The van der Waals surface area contributed by atoms with E-state index in [1.807, 2.05) is 0 Å². The Bertz CT molecular complexity index is 583. The molecule has 1 unspecified atom stereocenters. The molecule has 1 heterocycles. The summed E-state index contributed by atoms with van der Waals surface area (Å²) < 4.78 is 37.0. The van der Waals surface area contributed by atoms with Crippen molar-refractivity contribution >= 4 is 10.0 Å². The molecule has 0 radical (unpaired) electrons. The van der Waals surface area contributed by atoms with E-state index in [1.54, 1.807) is 19.2 Å². The highest BCUT2D eigenvalue weighted by Gasteiger charge is 2.28. The molecule has 1 aliphatic rings. The predicted molar refractivity (Wildman–Crippen MR) is 80.4 cm³/mol. The summed E-state index contributed by atoms with van der Waals surface area (Å²) in [6.07, 6.45) is 2.09. The van der Waals surface area contributed by atoms with Crippen molar-refractivity contribution in [3.05, 3.63) is 18.2 Å². The van der Waals surface area contributed by atoms with Gasteiger partial charge in [-0.25, -0.2) is 8.42 Å². The SMILES string of the molecule is COc1ccc(S(=O)(=O)N(C)CC2CCCN2)c(OC)c1. The lowest BCUT2D eigenvalue weighted by molar-refractivity contribution is 0.380. The Hall–Kier alpha value is -1.31. The van der Waals surface area contributed by atoms with Gasteiger partial charge in [0.05, 0.1) is 14.2 Å². The highest BCUT2D eigenvalue weighted by Crippen LogP contribution is 2.30. The number of nitrogens with zero attached hydrogens (tertiary/aromatic N) is 1. The first-order valence-corrected chi connectivity index (χ1v) is 8.35. The van der Waals surface area contributed by atoms with E-state index in [2.05, 4.69) is 5.32 Å². The second kappa shape index (κ2) is 6.64. The van der Waals surface area contributed by atoms with E-state index in [0.29, 0.717) is 18.0 Å². The second-order valence-electron chi connectivity index (χ2n) is 5.10. The lowest BCUT2D eigenvalue weighted by Gasteiger charge is -2.22. The second-order valence-corrected chi connectivity index (χ2v) is 7.11. The van der Waals surface area contributed by atoms with Crippen LogP contribution in [-0.2, 0) is 10.0 Å². The number of sulfonamides is 1. The Morgan fingerprint density at radius 1 is 1.33 bits per heavy atom. The minimum atomic E-state index is -3.58. The van der Waals surface area contributed by atoms with E-state index >= 15 is 0 Å². The zero-order valence-electron chi connectivity index (χ0n) is 12.6. The predicted octanol–water partition coefficient (Wildman–Crippen LogP) is 1.08. The van der Waals surface area contributed by atoms with Crippen molar-refractivity contribution in [3.63, 3.8) is 0 Å². The number of rotatable bonds is 6. The summed E-state index contributed by atoms with van der Waals surface area (Å²) in [5, 5.41) is 3.30. The molecule has 1 aliphatic heterocycles. The van der Waals surface area contributed by atoms with Gasteiger partial charge in [-0.3, -0.25) is 0 Å².